The van der Waals surface area contributed by atoms with E-state index >= 15 is 0 Å². The van der Waals surface area contributed by atoms with E-state index < -0.39 is 5.82 Å². The molecule has 2 nitrogen and oxygen atoms in total. The van der Waals surface area contributed by atoms with E-state index in [1.807, 2.05) is 0 Å². The molecule has 0 aliphatic carbocycles. The number of nitrogens with two attached hydrogens (primary N) is 1. The lowest BCUT2D eigenvalue weighted by molar-refractivity contribution is 0.632. The summed E-state index contributed by atoms with van der Waals surface area (Å²) in [5.41, 5.74) is 5.91. The molecule has 0 aliphatic heterocycles. The Bertz CT molecular complexity index is 258. The van der Waals surface area contributed by atoms with Crippen LogP contribution in [0, 0.1) is 11.2 Å². The van der Waals surface area contributed by atoms with Crippen molar-refractivity contribution in [2.24, 2.45) is 0 Å². The number of nitrogens with one attached hydrogen (secondary N) is 1. The van der Waals surface area contributed by atoms with Crippen LogP contribution >= 0.6 is 0 Å². The van der Waals surface area contributed by atoms with Crippen LogP contribution in [0.5, 0.6) is 0 Å². The van der Waals surface area contributed by atoms with Gasteiger partial charge in [0, 0.05) is 6.21 Å². The highest BCUT2D eigenvalue weighted by molar-refractivity contribution is 5.78. The number of hydrogen-bond acceptors (Lipinski definition) is 2. The van der Waals surface area contributed by atoms with Gasteiger partial charge in [0.15, 0.2) is 0 Å². The highest BCUT2D eigenvalue weighted by atomic mass is 19.1. The summed E-state index contributed by atoms with van der Waals surface area (Å²) in [5.74, 6) is -0.439. The Morgan fingerprint density at radius 1 is 1.50 bits per heavy atom. The molecule has 10 heavy (non-hydrogen) atoms. The molecular formula is C7H7FN2. The lowest BCUT2D eigenvalue weighted by Crippen LogP contribution is -1.91. The Labute approximate surface area is 58.0 Å². The van der Waals surface area contributed by atoms with Crippen LogP contribution in [0.25, 0.3) is 0 Å². The fraction of sp³-hybridized carbons (Fsp3) is 0. The molecular weight excluding hydrogens is 131 g/mol. The molecule has 1 aromatic rings. The zero-order valence-corrected chi connectivity index (χ0v) is 5.26. The molecule has 1 aromatic carbocycles. The van der Waals surface area contributed by atoms with Crippen molar-refractivity contribution >= 4 is 11.9 Å². The lowest BCUT2D eigenvalue weighted by Gasteiger charge is -1.95. The summed E-state index contributed by atoms with van der Waals surface area (Å²) < 4.78 is 12.4. The average molecular weight is 138 g/mol. The molecule has 0 fully saturated rings. The molecule has 3 N–H and O–H groups in total. The fourth-order valence-corrected chi connectivity index (χ4v) is 0.652. The zero-order chi connectivity index (χ0) is 7.56. The molecule has 0 spiro atoms. The minimum absolute atomic E-state index is 0.0843. The first-order valence-electron chi connectivity index (χ1n) is 2.79. The summed E-state index contributed by atoms with van der Waals surface area (Å²) in [7, 11) is 0. The molecule has 0 unspecified atom stereocenters. The molecule has 52 valence electrons. The second kappa shape index (κ2) is 2.47. The molecule has 0 aromatic heterocycles. The van der Waals surface area contributed by atoms with Crippen LogP contribution in [0.4, 0.5) is 10.1 Å². The molecule has 1 rings (SSSR count). The van der Waals surface area contributed by atoms with Crippen molar-refractivity contribution in [2.75, 3.05) is 5.73 Å². The second-order valence-electron chi connectivity index (χ2n) is 1.93. The highest BCUT2D eigenvalue weighted by Gasteiger charge is 1.95. The van der Waals surface area contributed by atoms with Crippen molar-refractivity contribution in [2.45, 2.75) is 0 Å². The molecule has 0 radical (unpaired) electrons. The standard InChI is InChI=1S/C7H7FN2/c8-6-2-1-5(4-9)3-7(6)10/h1-4,9H,10H2. The summed E-state index contributed by atoms with van der Waals surface area (Å²) in [6, 6.07) is 4.16. The van der Waals surface area contributed by atoms with E-state index in [0.29, 0.717) is 5.56 Å². The maximum absolute atomic E-state index is 12.4. The first-order valence-corrected chi connectivity index (χ1v) is 2.79. The summed E-state index contributed by atoms with van der Waals surface area (Å²) >= 11 is 0. The van der Waals surface area contributed by atoms with Gasteiger partial charge >= 0.3 is 0 Å². The Morgan fingerprint density at radius 2 is 2.20 bits per heavy atom. The number of nitrogen functional groups attached to an aromatic ring is 1. The first-order chi connectivity index (χ1) is 4.74. The van der Waals surface area contributed by atoms with E-state index in [4.69, 9.17) is 11.1 Å². The van der Waals surface area contributed by atoms with Gasteiger partial charge in [-0.3, -0.25) is 0 Å². The summed E-state index contributed by atoms with van der Waals surface area (Å²) in [6.07, 6.45) is 1.12. The first kappa shape index (κ1) is 6.74. The molecule has 0 heterocycles. The van der Waals surface area contributed by atoms with Crippen molar-refractivity contribution in [3.05, 3.63) is 29.6 Å². The van der Waals surface area contributed by atoms with Crippen LogP contribution in [0.1, 0.15) is 5.56 Å². The van der Waals surface area contributed by atoms with Gasteiger partial charge in [0.25, 0.3) is 0 Å². The number of benzene rings is 1. The quantitative estimate of drug-likeness (QED) is 0.447. The van der Waals surface area contributed by atoms with Gasteiger partial charge in [-0.15, -0.1) is 0 Å². The largest absolute Gasteiger partial charge is 0.396 e. The third-order valence-corrected chi connectivity index (χ3v) is 1.19. The van der Waals surface area contributed by atoms with E-state index in [9.17, 15) is 4.39 Å². The van der Waals surface area contributed by atoms with Crippen LogP contribution in [0.15, 0.2) is 18.2 Å². The highest BCUT2D eigenvalue weighted by Crippen LogP contribution is 2.09. The van der Waals surface area contributed by atoms with Gasteiger partial charge in [0.05, 0.1) is 5.69 Å². The van der Waals surface area contributed by atoms with Crippen molar-refractivity contribution < 1.29 is 4.39 Å². The fourth-order valence-electron chi connectivity index (χ4n) is 0.652. The van der Waals surface area contributed by atoms with Crippen molar-refractivity contribution in [3.8, 4) is 0 Å². The molecule has 0 saturated heterocycles. The van der Waals surface area contributed by atoms with Gasteiger partial charge < -0.3 is 11.1 Å². The van der Waals surface area contributed by atoms with E-state index in [1.54, 1.807) is 0 Å². The molecule has 0 amide bonds. The third kappa shape index (κ3) is 1.13. The number of rotatable bonds is 1. The van der Waals surface area contributed by atoms with Gasteiger partial charge in [-0.2, -0.15) is 0 Å². The summed E-state index contributed by atoms with van der Waals surface area (Å²) in [6.45, 7) is 0. The number of halogens is 1. The second-order valence-corrected chi connectivity index (χ2v) is 1.93. The summed E-state index contributed by atoms with van der Waals surface area (Å²) in [4.78, 5) is 0. The van der Waals surface area contributed by atoms with Crippen LogP contribution in [0.3, 0.4) is 0 Å². The lowest BCUT2D eigenvalue weighted by atomic mass is 10.2. The molecule has 0 saturated carbocycles. The predicted molar refractivity (Wildman–Crippen MR) is 38.7 cm³/mol. The third-order valence-electron chi connectivity index (χ3n) is 1.19. The Kier molecular flexibility index (Phi) is 1.67. The summed E-state index contributed by atoms with van der Waals surface area (Å²) in [5, 5.41) is 6.81. The van der Waals surface area contributed by atoms with Crippen molar-refractivity contribution in [1.82, 2.24) is 0 Å². The number of hydrogen-bond donors (Lipinski definition) is 2. The predicted octanol–water partition coefficient (Wildman–Crippen LogP) is 1.41. The maximum Gasteiger partial charge on any atom is 0.146 e. The van der Waals surface area contributed by atoms with Gasteiger partial charge in [0.1, 0.15) is 5.82 Å². The molecule has 0 atom stereocenters. The average Bonchev–Trinajstić information content (AvgIpc) is 1.95. The smallest absolute Gasteiger partial charge is 0.146 e. The zero-order valence-electron chi connectivity index (χ0n) is 5.26. The Balaban J connectivity index is 3.16. The van der Waals surface area contributed by atoms with Crippen molar-refractivity contribution in [3.63, 3.8) is 0 Å². The number of anilines is 1. The van der Waals surface area contributed by atoms with E-state index in [0.717, 1.165) is 6.21 Å². The van der Waals surface area contributed by atoms with Gasteiger partial charge in [-0.05, 0) is 17.7 Å². The SMILES string of the molecule is N=Cc1ccc(F)c(N)c1. The van der Waals surface area contributed by atoms with Gasteiger partial charge in [-0.1, -0.05) is 6.07 Å². The van der Waals surface area contributed by atoms with Gasteiger partial charge in [0.2, 0.25) is 0 Å². The monoisotopic (exact) mass is 138 g/mol. The van der Waals surface area contributed by atoms with Crippen LogP contribution in [-0.2, 0) is 0 Å². The Hall–Kier alpha value is -1.38. The normalized spacial score (nSPS) is 9.30. The van der Waals surface area contributed by atoms with Crippen molar-refractivity contribution in [1.29, 1.82) is 5.41 Å². The van der Waals surface area contributed by atoms with Gasteiger partial charge in [-0.25, -0.2) is 4.39 Å². The Morgan fingerprint density at radius 3 is 2.70 bits per heavy atom. The van der Waals surface area contributed by atoms with E-state index in [-0.39, 0.29) is 5.69 Å². The maximum atomic E-state index is 12.4. The minimum atomic E-state index is -0.439. The van der Waals surface area contributed by atoms with Crippen LogP contribution in [0.2, 0.25) is 0 Å². The van der Waals surface area contributed by atoms with E-state index in [1.165, 1.54) is 18.2 Å². The molecule has 0 aliphatic rings. The molecule has 3 heteroatoms. The van der Waals surface area contributed by atoms with Crippen LogP contribution < -0.4 is 5.73 Å². The van der Waals surface area contributed by atoms with Crippen LogP contribution in [-0.4, -0.2) is 6.21 Å². The van der Waals surface area contributed by atoms with E-state index in [2.05, 4.69) is 0 Å². The topological polar surface area (TPSA) is 49.9 Å². The molecule has 0 bridgehead atoms. The minimum Gasteiger partial charge on any atom is -0.396 e.